The molecule has 1 unspecified atom stereocenters. The molecular weight excluding hydrogens is 241 g/mol. The lowest BCUT2D eigenvalue weighted by molar-refractivity contribution is 0.390. The van der Waals surface area contributed by atoms with Gasteiger partial charge in [-0.2, -0.15) is 0 Å². The van der Waals surface area contributed by atoms with E-state index in [9.17, 15) is 8.60 Å². The lowest BCUT2D eigenvalue weighted by atomic mass is 10.2. The Hall–Kier alpha value is -1.49. The quantitative estimate of drug-likeness (QED) is 0.841. The molecule has 1 aromatic heterocycles. The van der Waals surface area contributed by atoms with E-state index < -0.39 is 10.8 Å². The predicted octanol–water partition coefficient (Wildman–Crippen LogP) is 2.57. The minimum atomic E-state index is -1.07. The lowest BCUT2D eigenvalue weighted by Gasteiger charge is -2.00. The van der Waals surface area contributed by atoms with Gasteiger partial charge in [0.2, 0.25) is 0 Å². The molecule has 0 N–H and O–H groups in total. The van der Waals surface area contributed by atoms with Crippen LogP contribution in [0.5, 0.6) is 0 Å². The molecule has 0 radical (unpaired) electrons. The van der Waals surface area contributed by atoms with Crippen LogP contribution in [0.3, 0.4) is 0 Å². The van der Waals surface area contributed by atoms with Gasteiger partial charge in [-0.15, -0.1) is 0 Å². The largest absolute Gasteiger partial charge is 0.360 e. The maximum atomic E-state index is 12.7. The zero-order valence-corrected chi connectivity index (χ0v) is 10.2. The minimum absolute atomic E-state index is 0.287. The molecule has 1 atom stereocenters. The van der Waals surface area contributed by atoms with Crippen LogP contribution in [0, 0.1) is 12.7 Å². The highest BCUT2D eigenvalue weighted by atomic mass is 32.2. The summed E-state index contributed by atoms with van der Waals surface area (Å²) in [4.78, 5) is 0. The minimum Gasteiger partial charge on any atom is -0.360 e. The molecule has 0 saturated heterocycles. The van der Waals surface area contributed by atoms with Crippen molar-refractivity contribution >= 4 is 10.8 Å². The lowest BCUT2D eigenvalue weighted by Crippen LogP contribution is -1.98. The molecule has 3 nitrogen and oxygen atoms in total. The Morgan fingerprint density at radius 2 is 2.00 bits per heavy atom. The van der Waals surface area contributed by atoms with Crippen molar-refractivity contribution in [3.8, 4) is 0 Å². The van der Waals surface area contributed by atoms with Crippen LogP contribution < -0.4 is 0 Å². The van der Waals surface area contributed by atoms with Crippen LogP contribution in [0.1, 0.15) is 17.0 Å². The van der Waals surface area contributed by atoms with Crippen LogP contribution in [0.4, 0.5) is 4.39 Å². The molecule has 0 aliphatic rings. The monoisotopic (exact) mass is 253 g/mol. The molecule has 17 heavy (non-hydrogen) atoms. The van der Waals surface area contributed by atoms with E-state index >= 15 is 0 Å². The van der Waals surface area contributed by atoms with E-state index in [1.54, 1.807) is 18.2 Å². The van der Waals surface area contributed by atoms with Crippen LogP contribution >= 0.6 is 0 Å². The molecular formula is C12H12FNO2S. The number of aryl methyl sites for hydroxylation is 1. The molecule has 0 amide bonds. The van der Waals surface area contributed by atoms with E-state index in [4.69, 9.17) is 4.52 Å². The van der Waals surface area contributed by atoms with Crippen LogP contribution in [0.25, 0.3) is 0 Å². The Balaban J connectivity index is 1.95. The van der Waals surface area contributed by atoms with Crippen molar-refractivity contribution < 1.29 is 13.1 Å². The fraction of sp³-hybridized carbons (Fsp3) is 0.250. The Morgan fingerprint density at radius 3 is 2.59 bits per heavy atom. The number of rotatable bonds is 4. The van der Waals surface area contributed by atoms with Crippen LogP contribution in [0.2, 0.25) is 0 Å². The van der Waals surface area contributed by atoms with E-state index in [-0.39, 0.29) is 5.82 Å². The van der Waals surface area contributed by atoms with Gasteiger partial charge >= 0.3 is 0 Å². The average molecular weight is 253 g/mol. The molecule has 1 aromatic carbocycles. The Morgan fingerprint density at radius 1 is 1.29 bits per heavy atom. The first-order valence-electron chi connectivity index (χ1n) is 5.15. The van der Waals surface area contributed by atoms with Crippen molar-refractivity contribution in [2.45, 2.75) is 18.4 Å². The fourth-order valence-corrected chi connectivity index (χ4v) is 2.58. The second-order valence-corrected chi connectivity index (χ2v) is 5.25. The van der Waals surface area contributed by atoms with Crippen molar-refractivity contribution in [3.63, 3.8) is 0 Å². The molecule has 0 aliphatic carbocycles. The summed E-state index contributed by atoms with van der Waals surface area (Å²) >= 11 is 0. The average Bonchev–Trinajstić information content (AvgIpc) is 2.67. The molecule has 0 spiro atoms. The first kappa shape index (κ1) is 12.0. The van der Waals surface area contributed by atoms with Crippen LogP contribution in [-0.2, 0) is 22.3 Å². The molecule has 0 fully saturated rings. The summed E-state index contributed by atoms with van der Waals surface area (Å²) in [5.74, 6) is 1.05. The molecule has 0 aliphatic heterocycles. The highest BCUT2D eigenvalue weighted by molar-refractivity contribution is 7.83. The van der Waals surface area contributed by atoms with Gasteiger partial charge in [0.05, 0.1) is 11.4 Å². The second kappa shape index (κ2) is 5.23. The van der Waals surface area contributed by atoms with Gasteiger partial charge in [-0.25, -0.2) is 4.39 Å². The van der Waals surface area contributed by atoms with Gasteiger partial charge < -0.3 is 4.52 Å². The molecule has 2 rings (SSSR count). The van der Waals surface area contributed by atoms with Gasteiger partial charge in [0, 0.05) is 22.6 Å². The summed E-state index contributed by atoms with van der Waals surface area (Å²) < 4.78 is 29.5. The highest BCUT2D eigenvalue weighted by Crippen LogP contribution is 2.10. The van der Waals surface area contributed by atoms with Gasteiger partial charge in [0.25, 0.3) is 0 Å². The molecule has 0 bridgehead atoms. The van der Waals surface area contributed by atoms with Gasteiger partial charge in [-0.05, 0) is 24.6 Å². The third kappa shape index (κ3) is 3.49. The van der Waals surface area contributed by atoms with E-state index in [0.717, 1.165) is 11.3 Å². The van der Waals surface area contributed by atoms with Crippen LogP contribution in [0.15, 0.2) is 34.9 Å². The predicted molar refractivity (Wildman–Crippen MR) is 63.2 cm³/mol. The van der Waals surface area contributed by atoms with Crippen molar-refractivity contribution in [1.82, 2.24) is 5.16 Å². The zero-order valence-electron chi connectivity index (χ0n) is 9.35. The number of nitrogens with zero attached hydrogens (tertiary/aromatic N) is 1. The van der Waals surface area contributed by atoms with E-state index in [1.165, 1.54) is 12.1 Å². The number of hydrogen-bond acceptors (Lipinski definition) is 3. The molecule has 90 valence electrons. The van der Waals surface area contributed by atoms with E-state index in [0.29, 0.717) is 17.3 Å². The summed E-state index contributed by atoms with van der Waals surface area (Å²) in [5.41, 5.74) is 1.62. The number of aromatic nitrogens is 1. The van der Waals surface area contributed by atoms with Gasteiger partial charge in [0.15, 0.2) is 0 Å². The molecule has 2 aromatic rings. The number of benzene rings is 1. The number of hydrogen-bond donors (Lipinski definition) is 0. The normalized spacial score (nSPS) is 12.6. The zero-order chi connectivity index (χ0) is 12.3. The molecule has 5 heteroatoms. The first-order chi connectivity index (χ1) is 8.13. The van der Waals surface area contributed by atoms with Gasteiger partial charge in [0.1, 0.15) is 11.6 Å². The first-order valence-corrected chi connectivity index (χ1v) is 6.64. The summed E-state index contributed by atoms with van der Waals surface area (Å²) in [7, 11) is -1.07. The summed E-state index contributed by atoms with van der Waals surface area (Å²) in [5, 5.41) is 3.73. The Bertz CT molecular complexity index is 522. The van der Waals surface area contributed by atoms with Gasteiger partial charge in [-0.1, -0.05) is 17.3 Å². The van der Waals surface area contributed by atoms with Crippen molar-refractivity contribution in [2.24, 2.45) is 0 Å². The standard InChI is InChI=1S/C12H12FNO2S/c1-9-6-12(16-14-9)8-17(15)7-10-2-4-11(13)5-3-10/h2-6H,7-8H2,1H3. The Labute approximate surface area is 101 Å². The summed E-state index contributed by atoms with van der Waals surface area (Å²) in [6.45, 7) is 1.82. The number of halogens is 1. The fourth-order valence-electron chi connectivity index (χ4n) is 1.46. The second-order valence-electron chi connectivity index (χ2n) is 3.79. The smallest absolute Gasteiger partial charge is 0.149 e. The third-order valence-electron chi connectivity index (χ3n) is 2.22. The van der Waals surface area contributed by atoms with E-state index in [1.807, 2.05) is 6.92 Å². The van der Waals surface area contributed by atoms with Crippen molar-refractivity contribution in [1.29, 1.82) is 0 Å². The van der Waals surface area contributed by atoms with Crippen LogP contribution in [-0.4, -0.2) is 9.37 Å². The maximum absolute atomic E-state index is 12.7. The summed E-state index contributed by atoms with van der Waals surface area (Å²) in [6.07, 6.45) is 0. The highest BCUT2D eigenvalue weighted by Gasteiger charge is 2.07. The SMILES string of the molecule is Cc1cc(CS(=O)Cc2ccc(F)cc2)on1. The molecule has 0 saturated carbocycles. The van der Waals surface area contributed by atoms with Crippen molar-refractivity contribution in [3.05, 3.63) is 53.2 Å². The van der Waals surface area contributed by atoms with Crippen molar-refractivity contribution in [2.75, 3.05) is 0 Å². The third-order valence-corrected chi connectivity index (χ3v) is 3.48. The molecule has 1 heterocycles. The Kier molecular flexibility index (Phi) is 3.68. The topological polar surface area (TPSA) is 43.1 Å². The van der Waals surface area contributed by atoms with E-state index in [2.05, 4.69) is 5.16 Å². The summed E-state index contributed by atoms with van der Waals surface area (Å²) in [6, 6.07) is 7.77. The maximum Gasteiger partial charge on any atom is 0.149 e. The van der Waals surface area contributed by atoms with Gasteiger partial charge in [-0.3, -0.25) is 4.21 Å².